The van der Waals surface area contributed by atoms with Gasteiger partial charge in [-0.1, -0.05) is 23.7 Å². The third kappa shape index (κ3) is 3.16. The summed E-state index contributed by atoms with van der Waals surface area (Å²) in [5, 5.41) is 0.477. The Morgan fingerprint density at radius 1 is 0.923 bits per heavy atom. The first-order chi connectivity index (χ1) is 12.4. The van der Waals surface area contributed by atoms with Crippen LogP contribution >= 0.6 is 11.6 Å². The van der Waals surface area contributed by atoms with Crippen molar-refractivity contribution in [1.29, 1.82) is 0 Å². The van der Waals surface area contributed by atoms with Crippen LogP contribution in [0.2, 0.25) is 5.02 Å². The van der Waals surface area contributed by atoms with E-state index in [0.29, 0.717) is 10.6 Å². The van der Waals surface area contributed by atoms with Gasteiger partial charge in [-0.05, 0) is 43.3 Å². The van der Waals surface area contributed by atoms with Crippen molar-refractivity contribution in [2.75, 3.05) is 0 Å². The van der Waals surface area contributed by atoms with E-state index in [-0.39, 0.29) is 11.1 Å². The van der Waals surface area contributed by atoms with E-state index >= 15 is 0 Å². The monoisotopic (exact) mass is 371 g/mol. The summed E-state index contributed by atoms with van der Waals surface area (Å²) in [6, 6.07) is 11.3. The Hall–Kier alpha value is -3.19. The number of fused-ring (bicyclic) bond motifs is 1. The number of hydrazine groups is 1. The number of imide groups is 1. The van der Waals surface area contributed by atoms with Gasteiger partial charge in [0.1, 0.15) is 6.04 Å². The molecule has 0 radical (unpaired) electrons. The highest BCUT2D eigenvalue weighted by Crippen LogP contribution is 2.24. The van der Waals surface area contributed by atoms with E-state index in [0.717, 1.165) is 4.90 Å². The molecule has 8 heteroatoms. The molecular formula is C18H14ClN3O4. The van der Waals surface area contributed by atoms with Gasteiger partial charge in [-0.15, -0.1) is 0 Å². The highest BCUT2D eigenvalue weighted by Gasteiger charge is 2.40. The third-order valence-corrected chi connectivity index (χ3v) is 4.25. The van der Waals surface area contributed by atoms with Gasteiger partial charge in [0.15, 0.2) is 0 Å². The van der Waals surface area contributed by atoms with E-state index in [2.05, 4.69) is 10.9 Å². The van der Waals surface area contributed by atoms with Gasteiger partial charge in [0.25, 0.3) is 23.6 Å². The maximum Gasteiger partial charge on any atom is 0.269 e. The lowest BCUT2D eigenvalue weighted by Gasteiger charge is -2.21. The van der Waals surface area contributed by atoms with Gasteiger partial charge in [-0.3, -0.25) is 34.9 Å². The Morgan fingerprint density at radius 3 is 2.00 bits per heavy atom. The van der Waals surface area contributed by atoms with Gasteiger partial charge < -0.3 is 0 Å². The Bertz CT molecular complexity index is 876. The van der Waals surface area contributed by atoms with Gasteiger partial charge in [-0.2, -0.15) is 0 Å². The first-order valence-electron chi connectivity index (χ1n) is 7.73. The normalized spacial score (nSPS) is 14.0. The summed E-state index contributed by atoms with van der Waals surface area (Å²) in [7, 11) is 0. The molecule has 1 aliphatic rings. The first-order valence-corrected chi connectivity index (χ1v) is 8.10. The third-order valence-electron chi connectivity index (χ3n) is 4.00. The van der Waals surface area contributed by atoms with Crippen molar-refractivity contribution in [3.63, 3.8) is 0 Å². The summed E-state index contributed by atoms with van der Waals surface area (Å²) < 4.78 is 0. The van der Waals surface area contributed by atoms with E-state index in [1.54, 1.807) is 24.3 Å². The predicted octanol–water partition coefficient (Wildman–Crippen LogP) is 1.79. The van der Waals surface area contributed by atoms with Crippen molar-refractivity contribution in [3.05, 3.63) is 70.2 Å². The van der Waals surface area contributed by atoms with Gasteiger partial charge in [0.05, 0.1) is 11.1 Å². The first kappa shape index (κ1) is 17.6. The minimum Gasteiger partial charge on any atom is -0.271 e. The molecule has 2 aromatic carbocycles. The number of benzene rings is 2. The predicted molar refractivity (Wildman–Crippen MR) is 93.5 cm³/mol. The summed E-state index contributed by atoms with van der Waals surface area (Å²) in [5.41, 5.74) is 5.26. The molecule has 132 valence electrons. The molecule has 0 saturated heterocycles. The largest absolute Gasteiger partial charge is 0.271 e. The van der Waals surface area contributed by atoms with E-state index in [4.69, 9.17) is 11.6 Å². The van der Waals surface area contributed by atoms with E-state index in [1.807, 2.05) is 0 Å². The van der Waals surface area contributed by atoms with Crippen molar-refractivity contribution in [1.82, 2.24) is 15.8 Å². The zero-order chi connectivity index (χ0) is 18.8. The number of rotatable bonds is 3. The van der Waals surface area contributed by atoms with Crippen molar-refractivity contribution < 1.29 is 19.2 Å². The number of carbonyl (C=O) groups is 4. The number of amides is 4. The second kappa shape index (κ2) is 6.97. The van der Waals surface area contributed by atoms with E-state index < -0.39 is 29.7 Å². The van der Waals surface area contributed by atoms with Crippen molar-refractivity contribution >= 4 is 35.2 Å². The van der Waals surface area contributed by atoms with Crippen LogP contribution < -0.4 is 10.9 Å². The minimum absolute atomic E-state index is 0.252. The molecular weight excluding hydrogens is 358 g/mol. The molecule has 0 fully saturated rings. The molecule has 4 amide bonds. The topological polar surface area (TPSA) is 95.6 Å². The maximum atomic E-state index is 12.4. The molecule has 3 rings (SSSR count). The highest BCUT2D eigenvalue weighted by atomic mass is 35.5. The molecule has 2 aromatic rings. The fourth-order valence-corrected chi connectivity index (χ4v) is 2.70. The Morgan fingerprint density at radius 2 is 1.46 bits per heavy atom. The van der Waals surface area contributed by atoms with Crippen LogP contribution in [0.3, 0.4) is 0 Å². The van der Waals surface area contributed by atoms with Crippen LogP contribution in [0.1, 0.15) is 38.0 Å². The van der Waals surface area contributed by atoms with Crippen LogP contribution in [0.5, 0.6) is 0 Å². The van der Waals surface area contributed by atoms with Crippen molar-refractivity contribution in [2.45, 2.75) is 13.0 Å². The highest BCUT2D eigenvalue weighted by molar-refractivity contribution is 6.30. The lowest BCUT2D eigenvalue weighted by molar-refractivity contribution is -0.125. The molecule has 0 bridgehead atoms. The van der Waals surface area contributed by atoms with Crippen LogP contribution in [-0.2, 0) is 4.79 Å². The average Bonchev–Trinajstić information content (AvgIpc) is 2.90. The molecule has 1 aliphatic heterocycles. The van der Waals surface area contributed by atoms with Crippen LogP contribution in [0.15, 0.2) is 48.5 Å². The number of hydrogen-bond acceptors (Lipinski definition) is 4. The summed E-state index contributed by atoms with van der Waals surface area (Å²) in [4.78, 5) is 49.9. The lowest BCUT2D eigenvalue weighted by atomic mass is 10.1. The van der Waals surface area contributed by atoms with E-state index in [1.165, 1.54) is 31.2 Å². The van der Waals surface area contributed by atoms with Crippen molar-refractivity contribution in [2.24, 2.45) is 0 Å². The van der Waals surface area contributed by atoms with E-state index in [9.17, 15) is 19.2 Å². The number of halogens is 1. The van der Waals surface area contributed by atoms with Crippen LogP contribution in [0.4, 0.5) is 0 Å². The van der Waals surface area contributed by atoms with Crippen LogP contribution in [-0.4, -0.2) is 34.6 Å². The molecule has 26 heavy (non-hydrogen) atoms. The molecule has 1 heterocycles. The number of nitrogens with one attached hydrogen (secondary N) is 2. The minimum atomic E-state index is -1.09. The second-order valence-corrected chi connectivity index (χ2v) is 6.09. The lowest BCUT2D eigenvalue weighted by Crippen LogP contribution is -2.52. The smallest absolute Gasteiger partial charge is 0.269 e. The molecule has 0 unspecified atom stereocenters. The summed E-state index contributed by atoms with van der Waals surface area (Å²) >= 11 is 5.75. The standard InChI is InChI=1S/C18H14ClN3O4/c1-10(22-17(25)13-4-2-3-5-14(13)18(22)26)15(23)20-21-16(24)11-6-8-12(19)9-7-11/h2-10H,1H3,(H,20,23)(H,21,24)/t10-/m0/s1. The summed E-state index contributed by atoms with van der Waals surface area (Å²) in [6.07, 6.45) is 0. The van der Waals surface area contributed by atoms with Gasteiger partial charge in [-0.25, -0.2) is 0 Å². The molecule has 0 aliphatic carbocycles. The number of carbonyl (C=O) groups excluding carboxylic acids is 4. The van der Waals surface area contributed by atoms with Crippen LogP contribution in [0.25, 0.3) is 0 Å². The molecule has 0 saturated carbocycles. The molecule has 0 aromatic heterocycles. The molecule has 7 nitrogen and oxygen atoms in total. The Labute approximate surface area is 153 Å². The maximum absolute atomic E-state index is 12.4. The quantitative estimate of drug-likeness (QED) is 0.635. The van der Waals surface area contributed by atoms with Gasteiger partial charge in [0.2, 0.25) is 0 Å². The molecule has 0 spiro atoms. The van der Waals surface area contributed by atoms with Crippen molar-refractivity contribution in [3.8, 4) is 0 Å². The molecule has 1 atom stereocenters. The number of nitrogens with zero attached hydrogens (tertiary/aromatic N) is 1. The fourth-order valence-electron chi connectivity index (χ4n) is 2.57. The second-order valence-electron chi connectivity index (χ2n) is 5.65. The average molecular weight is 372 g/mol. The van der Waals surface area contributed by atoms with Gasteiger partial charge in [0, 0.05) is 10.6 Å². The fraction of sp³-hybridized carbons (Fsp3) is 0.111. The Balaban J connectivity index is 1.65. The SMILES string of the molecule is C[C@@H](C(=O)NNC(=O)c1ccc(Cl)cc1)N1C(=O)c2ccccc2C1=O. The van der Waals surface area contributed by atoms with Gasteiger partial charge >= 0.3 is 0 Å². The zero-order valence-corrected chi connectivity index (χ0v) is 14.4. The zero-order valence-electron chi connectivity index (χ0n) is 13.7. The molecule has 2 N–H and O–H groups in total. The summed E-state index contributed by atoms with van der Waals surface area (Å²) in [5.74, 6) is -2.33. The Kier molecular flexibility index (Phi) is 4.73. The number of hydrogen-bond donors (Lipinski definition) is 2. The summed E-state index contributed by atoms with van der Waals surface area (Å²) in [6.45, 7) is 1.41. The van der Waals surface area contributed by atoms with Crippen LogP contribution in [0, 0.1) is 0 Å².